The van der Waals surface area contributed by atoms with Crippen LogP contribution in [-0.2, 0) is 4.74 Å². The minimum atomic E-state index is -0.525. The number of unbranched alkanes of at least 4 members (excludes halogenated alkanes) is 2. The summed E-state index contributed by atoms with van der Waals surface area (Å²) in [5.74, 6) is -0.965. The quantitative estimate of drug-likeness (QED) is 0.599. The second-order valence-corrected chi connectivity index (χ2v) is 4.72. The molecular weight excluding hydrogens is 245 g/mol. The van der Waals surface area contributed by atoms with Crippen molar-refractivity contribution in [3.05, 3.63) is 29.6 Å². The summed E-state index contributed by atoms with van der Waals surface area (Å²) in [6, 6.07) is 4.36. The lowest BCUT2D eigenvalue weighted by molar-refractivity contribution is 0.0601. The minimum absolute atomic E-state index is 0.236. The molecule has 0 bridgehead atoms. The van der Waals surface area contributed by atoms with Crippen molar-refractivity contribution in [3.63, 3.8) is 0 Å². The van der Waals surface area contributed by atoms with Gasteiger partial charge in [0.05, 0.1) is 12.7 Å². The smallest absolute Gasteiger partial charge is 0.340 e. The Morgan fingerprint density at radius 1 is 1.42 bits per heavy atom. The zero-order valence-electron chi connectivity index (χ0n) is 11.8. The van der Waals surface area contributed by atoms with Crippen molar-refractivity contribution in [1.29, 1.82) is 0 Å². The van der Waals surface area contributed by atoms with Gasteiger partial charge in [0.25, 0.3) is 0 Å². The Morgan fingerprint density at radius 2 is 2.16 bits per heavy atom. The van der Waals surface area contributed by atoms with Crippen molar-refractivity contribution in [3.8, 4) is 0 Å². The van der Waals surface area contributed by atoms with Crippen LogP contribution in [0.1, 0.15) is 49.9 Å². The highest BCUT2D eigenvalue weighted by Crippen LogP contribution is 2.20. The van der Waals surface area contributed by atoms with E-state index >= 15 is 0 Å². The van der Waals surface area contributed by atoms with Gasteiger partial charge in [0.2, 0.25) is 0 Å². The van der Waals surface area contributed by atoms with Crippen molar-refractivity contribution >= 4 is 11.7 Å². The number of rotatable bonds is 7. The fourth-order valence-electron chi connectivity index (χ4n) is 1.96. The third-order valence-electron chi connectivity index (χ3n) is 3.03. The molecule has 3 nitrogen and oxygen atoms in total. The predicted octanol–water partition coefficient (Wildman–Crippen LogP) is 3.99. The molecule has 0 saturated heterocycles. The molecule has 0 saturated carbocycles. The number of benzene rings is 1. The summed E-state index contributed by atoms with van der Waals surface area (Å²) in [6.45, 7) is 4.22. The number of hydrogen-bond donors (Lipinski definition) is 1. The van der Waals surface area contributed by atoms with E-state index in [9.17, 15) is 9.18 Å². The van der Waals surface area contributed by atoms with Crippen LogP contribution in [0.5, 0.6) is 0 Å². The van der Waals surface area contributed by atoms with Crippen LogP contribution in [0, 0.1) is 5.82 Å². The largest absolute Gasteiger partial charge is 0.465 e. The Kier molecular flexibility index (Phi) is 6.33. The van der Waals surface area contributed by atoms with E-state index in [2.05, 4.69) is 23.9 Å². The summed E-state index contributed by atoms with van der Waals surface area (Å²) >= 11 is 0. The summed E-state index contributed by atoms with van der Waals surface area (Å²) in [6.07, 6.45) is 4.53. The second-order valence-electron chi connectivity index (χ2n) is 4.72. The van der Waals surface area contributed by atoms with Crippen LogP contribution < -0.4 is 5.32 Å². The van der Waals surface area contributed by atoms with Gasteiger partial charge in [-0.2, -0.15) is 0 Å². The number of esters is 1. The first-order valence-electron chi connectivity index (χ1n) is 6.72. The van der Waals surface area contributed by atoms with Crippen LogP contribution in [0.15, 0.2) is 18.2 Å². The zero-order chi connectivity index (χ0) is 14.3. The summed E-state index contributed by atoms with van der Waals surface area (Å²) in [5, 5.41) is 3.24. The first-order chi connectivity index (χ1) is 9.08. The molecule has 0 aliphatic heterocycles. The molecule has 1 rings (SSSR count). The average molecular weight is 267 g/mol. The molecule has 1 aromatic rings. The first kappa shape index (κ1) is 15.5. The molecule has 4 heteroatoms. The van der Waals surface area contributed by atoms with Crippen molar-refractivity contribution < 1.29 is 13.9 Å². The highest BCUT2D eigenvalue weighted by atomic mass is 19.1. The van der Waals surface area contributed by atoms with Gasteiger partial charge in [0.1, 0.15) is 5.82 Å². The monoisotopic (exact) mass is 267 g/mol. The Bertz CT molecular complexity index is 421. The molecule has 1 atom stereocenters. The second kappa shape index (κ2) is 7.77. The van der Waals surface area contributed by atoms with Crippen molar-refractivity contribution in [2.75, 3.05) is 12.4 Å². The number of methoxy groups -OCH3 is 1. The van der Waals surface area contributed by atoms with Crippen LogP contribution in [0.25, 0.3) is 0 Å². The van der Waals surface area contributed by atoms with Gasteiger partial charge in [0, 0.05) is 11.7 Å². The van der Waals surface area contributed by atoms with Crippen LogP contribution in [-0.4, -0.2) is 19.1 Å². The molecule has 0 heterocycles. The van der Waals surface area contributed by atoms with Crippen LogP contribution >= 0.6 is 0 Å². The number of anilines is 1. The molecule has 0 aromatic heterocycles. The fourth-order valence-corrected chi connectivity index (χ4v) is 1.96. The average Bonchev–Trinajstić information content (AvgIpc) is 2.40. The first-order valence-corrected chi connectivity index (χ1v) is 6.72. The molecule has 0 aliphatic rings. The molecular formula is C15H22FNO2. The van der Waals surface area contributed by atoms with Crippen LogP contribution in [0.3, 0.4) is 0 Å². The normalized spacial score (nSPS) is 12.0. The molecule has 1 aromatic carbocycles. The molecule has 1 N–H and O–H groups in total. The van der Waals surface area contributed by atoms with E-state index in [1.807, 2.05) is 0 Å². The molecule has 0 aliphatic carbocycles. The lowest BCUT2D eigenvalue weighted by atomic mass is 10.1. The summed E-state index contributed by atoms with van der Waals surface area (Å²) in [5.41, 5.74) is 0.863. The lowest BCUT2D eigenvalue weighted by Gasteiger charge is -2.17. The van der Waals surface area contributed by atoms with Gasteiger partial charge in [0.15, 0.2) is 0 Å². The van der Waals surface area contributed by atoms with Crippen molar-refractivity contribution in [2.45, 2.75) is 45.6 Å². The van der Waals surface area contributed by atoms with E-state index < -0.39 is 11.8 Å². The highest BCUT2D eigenvalue weighted by molar-refractivity contribution is 5.95. The van der Waals surface area contributed by atoms with E-state index in [1.165, 1.54) is 32.1 Å². The molecule has 106 valence electrons. The Balaban J connectivity index is 2.74. The maximum Gasteiger partial charge on any atom is 0.340 e. The molecule has 0 radical (unpaired) electrons. The number of hydrogen-bond acceptors (Lipinski definition) is 3. The molecule has 1 unspecified atom stereocenters. The summed E-state index contributed by atoms with van der Waals surface area (Å²) in [4.78, 5) is 11.6. The number of carbonyl (C=O) groups excluding carboxylic acids is 1. The maximum atomic E-state index is 13.2. The Morgan fingerprint density at radius 3 is 2.79 bits per heavy atom. The van der Waals surface area contributed by atoms with Crippen molar-refractivity contribution in [2.24, 2.45) is 0 Å². The van der Waals surface area contributed by atoms with Gasteiger partial charge in [-0.25, -0.2) is 9.18 Å². The third kappa shape index (κ3) is 4.89. The summed E-state index contributed by atoms with van der Waals surface area (Å²) < 4.78 is 17.9. The topological polar surface area (TPSA) is 38.3 Å². The maximum absolute atomic E-state index is 13.2. The minimum Gasteiger partial charge on any atom is -0.465 e. The third-order valence-corrected chi connectivity index (χ3v) is 3.03. The lowest BCUT2D eigenvalue weighted by Crippen LogP contribution is -2.18. The van der Waals surface area contributed by atoms with E-state index in [1.54, 1.807) is 6.07 Å². The van der Waals surface area contributed by atoms with E-state index in [-0.39, 0.29) is 11.6 Å². The highest BCUT2D eigenvalue weighted by Gasteiger charge is 2.14. The van der Waals surface area contributed by atoms with Crippen LogP contribution in [0.2, 0.25) is 0 Å². The SMILES string of the molecule is CCCCCC(C)Nc1ccc(F)cc1C(=O)OC. The van der Waals surface area contributed by atoms with E-state index in [4.69, 9.17) is 0 Å². The van der Waals surface area contributed by atoms with Gasteiger partial charge in [-0.1, -0.05) is 26.2 Å². The number of halogens is 1. The number of ether oxygens (including phenoxy) is 1. The Labute approximate surface area is 114 Å². The number of carbonyl (C=O) groups is 1. The van der Waals surface area contributed by atoms with Gasteiger partial charge < -0.3 is 10.1 Å². The van der Waals surface area contributed by atoms with E-state index in [0.29, 0.717) is 5.69 Å². The van der Waals surface area contributed by atoms with Gasteiger partial charge >= 0.3 is 5.97 Å². The zero-order valence-corrected chi connectivity index (χ0v) is 11.8. The molecule has 19 heavy (non-hydrogen) atoms. The summed E-state index contributed by atoms with van der Waals surface area (Å²) in [7, 11) is 1.29. The van der Waals surface area contributed by atoms with Crippen molar-refractivity contribution in [1.82, 2.24) is 0 Å². The van der Waals surface area contributed by atoms with E-state index in [0.717, 1.165) is 12.8 Å². The fraction of sp³-hybridized carbons (Fsp3) is 0.533. The standard InChI is InChI=1S/C15H22FNO2/c1-4-5-6-7-11(2)17-14-9-8-12(16)10-13(14)15(18)19-3/h8-11,17H,4-7H2,1-3H3. The molecule has 0 fully saturated rings. The van der Waals surface area contributed by atoms with Gasteiger partial charge in [-0.15, -0.1) is 0 Å². The van der Waals surface area contributed by atoms with Gasteiger partial charge in [-0.3, -0.25) is 0 Å². The molecule has 0 amide bonds. The number of nitrogens with one attached hydrogen (secondary N) is 1. The predicted molar refractivity (Wildman–Crippen MR) is 75.0 cm³/mol. The van der Waals surface area contributed by atoms with Gasteiger partial charge in [-0.05, 0) is 31.5 Å². The van der Waals surface area contributed by atoms with Crippen LogP contribution in [0.4, 0.5) is 10.1 Å². The Hall–Kier alpha value is -1.58. The molecule has 0 spiro atoms.